The van der Waals surface area contributed by atoms with Crippen LogP contribution in [0.5, 0.6) is 0 Å². The first kappa shape index (κ1) is 9.57. The normalized spacial score (nSPS) is 9.62. The fourth-order valence-electron chi connectivity index (χ4n) is 0.952. The highest BCUT2D eigenvalue weighted by Gasteiger charge is 1.97. The number of rotatable bonds is 4. The van der Waals surface area contributed by atoms with E-state index in [4.69, 9.17) is 0 Å². The summed E-state index contributed by atoms with van der Waals surface area (Å²) in [6, 6.07) is -0.131. The number of urea groups is 1. The number of carbonyl (C=O) groups is 1. The van der Waals surface area contributed by atoms with E-state index in [9.17, 15) is 4.79 Å². The molecule has 5 nitrogen and oxygen atoms in total. The lowest BCUT2D eigenvalue weighted by Crippen LogP contribution is -2.36. The molecular formula is C8H14N4O. The van der Waals surface area contributed by atoms with Crippen molar-refractivity contribution in [3.8, 4) is 0 Å². The molecule has 0 atom stereocenters. The molecular weight excluding hydrogens is 168 g/mol. The standard InChI is InChI=1S/C8H14N4O/c1-2-9-8(13)12-4-3-7-10-5-6-11-7/h5-6H,2-4H2,1H3,(H,10,11)(H2,9,12,13). The van der Waals surface area contributed by atoms with Crippen LogP contribution in [0.25, 0.3) is 0 Å². The van der Waals surface area contributed by atoms with Crippen LogP contribution in [0, 0.1) is 0 Å². The number of hydrogen-bond acceptors (Lipinski definition) is 2. The molecule has 1 rings (SSSR count). The highest BCUT2D eigenvalue weighted by atomic mass is 16.2. The van der Waals surface area contributed by atoms with Crippen molar-refractivity contribution < 1.29 is 4.79 Å². The van der Waals surface area contributed by atoms with Gasteiger partial charge in [0.15, 0.2) is 0 Å². The Kier molecular flexibility index (Phi) is 3.81. The Morgan fingerprint density at radius 1 is 1.62 bits per heavy atom. The van der Waals surface area contributed by atoms with Crippen molar-refractivity contribution in [3.63, 3.8) is 0 Å². The molecule has 13 heavy (non-hydrogen) atoms. The average Bonchev–Trinajstić information content (AvgIpc) is 2.57. The van der Waals surface area contributed by atoms with Gasteiger partial charge in [0.1, 0.15) is 5.82 Å². The monoisotopic (exact) mass is 182 g/mol. The summed E-state index contributed by atoms with van der Waals surface area (Å²) in [6.07, 6.45) is 4.19. The maximum atomic E-state index is 10.9. The number of nitrogens with zero attached hydrogens (tertiary/aromatic N) is 1. The molecule has 0 spiro atoms. The molecule has 5 heteroatoms. The molecule has 1 aromatic heterocycles. The zero-order valence-corrected chi connectivity index (χ0v) is 7.63. The van der Waals surface area contributed by atoms with Gasteiger partial charge in [0, 0.05) is 31.9 Å². The minimum absolute atomic E-state index is 0.131. The maximum absolute atomic E-state index is 10.9. The summed E-state index contributed by atoms with van der Waals surface area (Å²) in [7, 11) is 0. The molecule has 0 bridgehead atoms. The SMILES string of the molecule is CCNC(=O)NCCc1ncc[nH]1. The van der Waals surface area contributed by atoms with E-state index < -0.39 is 0 Å². The highest BCUT2D eigenvalue weighted by Crippen LogP contribution is 1.87. The predicted molar refractivity (Wildman–Crippen MR) is 49.4 cm³/mol. The summed E-state index contributed by atoms with van der Waals surface area (Å²) < 4.78 is 0. The average molecular weight is 182 g/mol. The van der Waals surface area contributed by atoms with Crippen LogP contribution >= 0.6 is 0 Å². The van der Waals surface area contributed by atoms with Gasteiger partial charge in [0.2, 0.25) is 0 Å². The van der Waals surface area contributed by atoms with Crippen LogP contribution in [0.1, 0.15) is 12.7 Å². The summed E-state index contributed by atoms with van der Waals surface area (Å²) in [4.78, 5) is 17.9. The molecule has 0 radical (unpaired) electrons. The van der Waals surface area contributed by atoms with Gasteiger partial charge in [-0.05, 0) is 6.92 Å². The minimum Gasteiger partial charge on any atom is -0.349 e. The zero-order valence-electron chi connectivity index (χ0n) is 7.63. The summed E-state index contributed by atoms with van der Waals surface area (Å²) in [5.41, 5.74) is 0. The Bertz CT molecular complexity index is 245. The number of hydrogen-bond donors (Lipinski definition) is 3. The molecule has 0 fully saturated rings. The molecule has 0 aliphatic rings. The van der Waals surface area contributed by atoms with Crippen molar-refractivity contribution in [2.45, 2.75) is 13.3 Å². The van der Waals surface area contributed by atoms with E-state index >= 15 is 0 Å². The largest absolute Gasteiger partial charge is 0.349 e. The van der Waals surface area contributed by atoms with E-state index in [-0.39, 0.29) is 6.03 Å². The summed E-state index contributed by atoms with van der Waals surface area (Å²) in [5, 5.41) is 5.36. The van der Waals surface area contributed by atoms with E-state index in [1.165, 1.54) is 0 Å². The lowest BCUT2D eigenvalue weighted by Gasteiger charge is -2.03. The van der Waals surface area contributed by atoms with Crippen molar-refractivity contribution >= 4 is 6.03 Å². The quantitative estimate of drug-likeness (QED) is 0.625. The van der Waals surface area contributed by atoms with E-state index in [0.29, 0.717) is 13.1 Å². The van der Waals surface area contributed by atoms with Crippen LogP contribution in [0.3, 0.4) is 0 Å². The van der Waals surface area contributed by atoms with Crippen LogP contribution in [0.15, 0.2) is 12.4 Å². The number of carbonyl (C=O) groups excluding carboxylic acids is 1. The van der Waals surface area contributed by atoms with Crippen molar-refractivity contribution in [1.82, 2.24) is 20.6 Å². The molecule has 0 aromatic carbocycles. The van der Waals surface area contributed by atoms with E-state index in [1.807, 2.05) is 6.92 Å². The van der Waals surface area contributed by atoms with Crippen LogP contribution in [0.4, 0.5) is 4.79 Å². The first-order valence-electron chi connectivity index (χ1n) is 4.33. The number of H-pyrrole nitrogens is 1. The van der Waals surface area contributed by atoms with Gasteiger partial charge >= 0.3 is 6.03 Å². The maximum Gasteiger partial charge on any atom is 0.314 e. The second-order valence-corrected chi connectivity index (χ2v) is 2.57. The molecule has 1 heterocycles. The Labute approximate surface area is 76.9 Å². The smallest absolute Gasteiger partial charge is 0.314 e. The van der Waals surface area contributed by atoms with Gasteiger partial charge in [0.25, 0.3) is 0 Å². The topological polar surface area (TPSA) is 69.8 Å². The van der Waals surface area contributed by atoms with Gasteiger partial charge < -0.3 is 15.6 Å². The van der Waals surface area contributed by atoms with Gasteiger partial charge in [-0.15, -0.1) is 0 Å². The van der Waals surface area contributed by atoms with E-state index in [2.05, 4.69) is 20.6 Å². The molecule has 0 saturated carbocycles. The summed E-state index contributed by atoms with van der Waals surface area (Å²) in [6.45, 7) is 3.12. The molecule has 0 aliphatic carbocycles. The Morgan fingerprint density at radius 2 is 2.46 bits per heavy atom. The van der Waals surface area contributed by atoms with Gasteiger partial charge in [-0.25, -0.2) is 9.78 Å². The van der Waals surface area contributed by atoms with Crippen LogP contribution < -0.4 is 10.6 Å². The third-order valence-corrected chi connectivity index (χ3v) is 1.54. The molecule has 0 unspecified atom stereocenters. The second kappa shape index (κ2) is 5.18. The summed E-state index contributed by atoms with van der Waals surface area (Å²) in [5.74, 6) is 0.886. The zero-order chi connectivity index (χ0) is 9.52. The predicted octanol–water partition coefficient (Wildman–Crippen LogP) is 0.271. The van der Waals surface area contributed by atoms with Crippen LogP contribution in [-0.4, -0.2) is 29.1 Å². The first-order chi connectivity index (χ1) is 6.33. The Hall–Kier alpha value is -1.52. The number of amides is 2. The van der Waals surface area contributed by atoms with Gasteiger partial charge in [0.05, 0.1) is 0 Å². The third kappa shape index (κ3) is 3.59. The first-order valence-corrected chi connectivity index (χ1v) is 4.33. The Morgan fingerprint density at radius 3 is 3.08 bits per heavy atom. The molecule has 0 aliphatic heterocycles. The van der Waals surface area contributed by atoms with Gasteiger partial charge in [-0.2, -0.15) is 0 Å². The van der Waals surface area contributed by atoms with E-state index in [0.717, 1.165) is 12.2 Å². The van der Waals surface area contributed by atoms with Crippen molar-refractivity contribution in [2.75, 3.05) is 13.1 Å². The van der Waals surface area contributed by atoms with Gasteiger partial charge in [-0.3, -0.25) is 0 Å². The molecule has 0 saturated heterocycles. The number of aromatic nitrogens is 2. The fourth-order valence-corrected chi connectivity index (χ4v) is 0.952. The van der Waals surface area contributed by atoms with Crippen molar-refractivity contribution in [3.05, 3.63) is 18.2 Å². The summed E-state index contributed by atoms with van der Waals surface area (Å²) >= 11 is 0. The van der Waals surface area contributed by atoms with Crippen LogP contribution in [0.2, 0.25) is 0 Å². The molecule has 2 amide bonds. The third-order valence-electron chi connectivity index (χ3n) is 1.54. The lowest BCUT2D eigenvalue weighted by atomic mass is 10.4. The van der Waals surface area contributed by atoms with Crippen LogP contribution in [-0.2, 0) is 6.42 Å². The number of aromatic amines is 1. The molecule has 72 valence electrons. The van der Waals surface area contributed by atoms with Crippen molar-refractivity contribution in [2.24, 2.45) is 0 Å². The lowest BCUT2D eigenvalue weighted by molar-refractivity contribution is 0.241. The number of imidazole rings is 1. The molecule has 1 aromatic rings. The van der Waals surface area contributed by atoms with Crippen molar-refractivity contribution in [1.29, 1.82) is 0 Å². The fraction of sp³-hybridized carbons (Fsp3) is 0.500. The highest BCUT2D eigenvalue weighted by molar-refractivity contribution is 5.73. The van der Waals surface area contributed by atoms with E-state index in [1.54, 1.807) is 12.4 Å². The number of nitrogens with one attached hydrogen (secondary N) is 3. The Balaban J connectivity index is 2.11. The van der Waals surface area contributed by atoms with Gasteiger partial charge in [-0.1, -0.05) is 0 Å². The molecule has 3 N–H and O–H groups in total. The second-order valence-electron chi connectivity index (χ2n) is 2.57. The minimum atomic E-state index is -0.131.